The summed E-state index contributed by atoms with van der Waals surface area (Å²) < 4.78 is 19.8. The second-order valence-electron chi connectivity index (χ2n) is 8.06. The SMILES string of the molecule is CC.CC.CCN(CC(C)N(C)c1ccc(C#N)cn1)C(=O)COC1(c2cccc(F)c2)CCC1. The minimum absolute atomic E-state index is 0.0187. The first-order valence-electron chi connectivity index (χ1n) is 12.7. The van der Waals surface area contributed by atoms with Crippen molar-refractivity contribution in [1.29, 1.82) is 5.26 Å². The highest BCUT2D eigenvalue weighted by molar-refractivity contribution is 5.77. The molecule has 1 aliphatic carbocycles. The topological polar surface area (TPSA) is 69.5 Å². The molecule has 2 aromatic rings. The number of anilines is 1. The van der Waals surface area contributed by atoms with E-state index in [1.54, 1.807) is 29.3 Å². The van der Waals surface area contributed by atoms with Crippen LogP contribution in [0.1, 0.15) is 71.9 Å². The molecule has 0 saturated heterocycles. The Hall–Kier alpha value is -2.98. The van der Waals surface area contributed by atoms with Crippen LogP contribution in [-0.2, 0) is 15.1 Å². The molecular weight excluding hydrogens is 443 g/mol. The van der Waals surface area contributed by atoms with Gasteiger partial charge >= 0.3 is 0 Å². The summed E-state index contributed by atoms with van der Waals surface area (Å²) >= 11 is 0. The standard InChI is InChI=1S/C24H29FN4O2.2C2H6/c1-4-29(16-18(2)28(3)22-10-9-19(14-26)15-27-22)23(30)17-31-24(11-6-12-24)20-7-5-8-21(25)13-20;2*1-2/h5,7-10,13,15,18H,4,6,11-12,16-17H2,1-3H3;2*1-2H3. The molecule has 0 spiro atoms. The van der Waals surface area contributed by atoms with Crippen molar-refractivity contribution in [2.24, 2.45) is 0 Å². The summed E-state index contributed by atoms with van der Waals surface area (Å²) in [5.41, 5.74) is 0.747. The van der Waals surface area contributed by atoms with Gasteiger partial charge in [0.15, 0.2) is 0 Å². The van der Waals surface area contributed by atoms with Crippen LogP contribution in [0.15, 0.2) is 42.6 Å². The van der Waals surface area contributed by atoms with E-state index in [9.17, 15) is 9.18 Å². The van der Waals surface area contributed by atoms with E-state index in [1.165, 1.54) is 12.1 Å². The van der Waals surface area contributed by atoms with Crippen LogP contribution in [-0.4, -0.2) is 48.6 Å². The minimum Gasteiger partial charge on any atom is -0.360 e. The summed E-state index contributed by atoms with van der Waals surface area (Å²) in [5, 5.41) is 8.93. The zero-order chi connectivity index (χ0) is 26.4. The largest absolute Gasteiger partial charge is 0.360 e. The van der Waals surface area contributed by atoms with Crippen molar-refractivity contribution in [3.8, 4) is 6.07 Å². The van der Waals surface area contributed by atoms with Crippen molar-refractivity contribution < 1.29 is 13.9 Å². The first-order chi connectivity index (χ1) is 16.9. The lowest BCUT2D eigenvalue weighted by Crippen LogP contribution is -2.46. The maximum atomic E-state index is 13.7. The maximum absolute atomic E-state index is 13.7. The third-order valence-electron chi connectivity index (χ3n) is 6.10. The second-order valence-corrected chi connectivity index (χ2v) is 8.06. The Kier molecular flexibility index (Phi) is 13.0. The molecular formula is C28H41FN4O2. The Morgan fingerprint density at radius 1 is 1.23 bits per heavy atom. The van der Waals surface area contributed by atoms with Gasteiger partial charge in [-0.15, -0.1) is 0 Å². The number of amides is 1. The van der Waals surface area contributed by atoms with Crippen LogP contribution in [0.5, 0.6) is 0 Å². The third kappa shape index (κ3) is 8.03. The van der Waals surface area contributed by atoms with Gasteiger partial charge in [0.1, 0.15) is 24.3 Å². The fourth-order valence-corrected chi connectivity index (χ4v) is 3.81. The zero-order valence-electron chi connectivity index (χ0n) is 22.3. The van der Waals surface area contributed by atoms with Crippen LogP contribution >= 0.6 is 0 Å². The number of carbonyl (C=O) groups excluding carboxylic acids is 1. The van der Waals surface area contributed by atoms with E-state index in [2.05, 4.69) is 11.1 Å². The quantitative estimate of drug-likeness (QED) is 0.442. The van der Waals surface area contributed by atoms with Gasteiger partial charge in [0.05, 0.1) is 11.2 Å². The van der Waals surface area contributed by atoms with E-state index in [4.69, 9.17) is 10.00 Å². The van der Waals surface area contributed by atoms with Crippen molar-refractivity contribution in [2.75, 3.05) is 31.6 Å². The smallest absolute Gasteiger partial charge is 0.248 e. The van der Waals surface area contributed by atoms with Gasteiger partial charge in [-0.2, -0.15) is 5.26 Å². The number of nitriles is 1. The van der Waals surface area contributed by atoms with Gasteiger partial charge in [-0.05, 0) is 62.9 Å². The number of ether oxygens (including phenoxy) is 1. The summed E-state index contributed by atoms with van der Waals surface area (Å²) in [6.45, 7) is 13.0. The number of hydrogen-bond donors (Lipinski definition) is 0. The molecule has 7 heteroatoms. The molecule has 1 unspecified atom stereocenters. The first kappa shape index (κ1) is 30.1. The molecule has 192 valence electrons. The molecule has 3 rings (SSSR count). The first-order valence-corrected chi connectivity index (χ1v) is 12.7. The lowest BCUT2D eigenvalue weighted by Gasteiger charge is -2.42. The van der Waals surface area contributed by atoms with Crippen molar-refractivity contribution in [3.63, 3.8) is 0 Å². The van der Waals surface area contributed by atoms with Crippen LogP contribution in [0, 0.1) is 17.1 Å². The van der Waals surface area contributed by atoms with Crippen molar-refractivity contribution in [3.05, 3.63) is 59.5 Å². The number of rotatable bonds is 9. The highest BCUT2D eigenvalue weighted by atomic mass is 19.1. The number of benzene rings is 1. The summed E-state index contributed by atoms with van der Waals surface area (Å²) in [7, 11) is 1.92. The van der Waals surface area contributed by atoms with Crippen molar-refractivity contribution in [1.82, 2.24) is 9.88 Å². The second kappa shape index (κ2) is 15.1. The van der Waals surface area contributed by atoms with Crippen molar-refractivity contribution >= 4 is 11.7 Å². The molecule has 0 bridgehead atoms. The number of nitrogens with zero attached hydrogens (tertiary/aromatic N) is 4. The Morgan fingerprint density at radius 3 is 2.40 bits per heavy atom. The lowest BCUT2D eigenvalue weighted by atomic mass is 9.75. The molecule has 1 heterocycles. The minimum atomic E-state index is -0.564. The van der Waals surface area contributed by atoms with Crippen LogP contribution in [0.4, 0.5) is 10.2 Å². The van der Waals surface area contributed by atoms with Gasteiger partial charge in [0, 0.05) is 32.4 Å². The van der Waals surface area contributed by atoms with E-state index in [-0.39, 0.29) is 24.4 Å². The molecule has 1 aromatic carbocycles. The number of carbonyl (C=O) groups is 1. The Bertz CT molecular complexity index is 939. The molecule has 1 aliphatic rings. The summed E-state index contributed by atoms with van der Waals surface area (Å²) in [5.74, 6) is 0.367. The summed E-state index contributed by atoms with van der Waals surface area (Å²) in [6, 6.07) is 12.1. The number of likely N-dealkylation sites (N-methyl/N-ethyl adjacent to an activating group) is 2. The molecule has 0 aliphatic heterocycles. The zero-order valence-corrected chi connectivity index (χ0v) is 22.3. The molecule has 6 nitrogen and oxygen atoms in total. The molecule has 1 fully saturated rings. The number of aromatic nitrogens is 1. The Labute approximate surface area is 210 Å². The average molecular weight is 485 g/mol. The Balaban J connectivity index is 0.00000145. The molecule has 35 heavy (non-hydrogen) atoms. The molecule has 1 aromatic heterocycles. The monoisotopic (exact) mass is 484 g/mol. The fourth-order valence-electron chi connectivity index (χ4n) is 3.81. The predicted molar refractivity (Wildman–Crippen MR) is 140 cm³/mol. The van der Waals surface area contributed by atoms with Crippen LogP contribution in [0.25, 0.3) is 0 Å². The maximum Gasteiger partial charge on any atom is 0.248 e. The van der Waals surface area contributed by atoms with Gasteiger partial charge in [-0.3, -0.25) is 4.79 Å². The molecule has 1 atom stereocenters. The lowest BCUT2D eigenvalue weighted by molar-refractivity contribution is -0.153. The predicted octanol–water partition coefficient (Wildman–Crippen LogP) is 5.91. The highest BCUT2D eigenvalue weighted by Crippen LogP contribution is 2.44. The highest BCUT2D eigenvalue weighted by Gasteiger charge is 2.40. The Morgan fingerprint density at radius 2 is 1.91 bits per heavy atom. The normalized spacial score (nSPS) is 14.0. The van der Waals surface area contributed by atoms with E-state index in [0.717, 1.165) is 30.6 Å². The third-order valence-corrected chi connectivity index (χ3v) is 6.10. The summed E-state index contributed by atoms with van der Waals surface area (Å²) in [6.07, 6.45) is 4.12. The van der Waals surface area contributed by atoms with Crippen LogP contribution in [0.2, 0.25) is 0 Å². The number of pyridine rings is 1. The van der Waals surface area contributed by atoms with Gasteiger partial charge in [-0.25, -0.2) is 9.37 Å². The van der Waals surface area contributed by atoms with Gasteiger partial charge in [0.25, 0.3) is 0 Å². The van der Waals surface area contributed by atoms with Gasteiger partial charge in [0.2, 0.25) is 5.91 Å². The molecule has 0 radical (unpaired) electrons. The molecule has 0 N–H and O–H groups in total. The number of hydrogen-bond acceptors (Lipinski definition) is 5. The summed E-state index contributed by atoms with van der Waals surface area (Å²) in [4.78, 5) is 21.0. The van der Waals surface area contributed by atoms with Crippen molar-refractivity contribution in [2.45, 2.75) is 72.4 Å². The van der Waals surface area contributed by atoms with E-state index >= 15 is 0 Å². The molecule has 1 amide bonds. The van der Waals surface area contributed by atoms with Crippen LogP contribution < -0.4 is 4.90 Å². The number of halogens is 1. The van der Waals surface area contributed by atoms with Gasteiger partial charge in [-0.1, -0.05) is 39.8 Å². The molecule has 1 saturated carbocycles. The van der Waals surface area contributed by atoms with Crippen LogP contribution in [0.3, 0.4) is 0 Å². The average Bonchev–Trinajstić information content (AvgIpc) is 2.88. The van der Waals surface area contributed by atoms with E-state index in [1.807, 2.05) is 59.6 Å². The van der Waals surface area contributed by atoms with E-state index < -0.39 is 5.60 Å². The van der Waals surface area contributed by atoms with Gasteiger partial charge < -0.3 is 14.5 Å². The van der Waals surface area contributed by atoms with E-state index in [0.29, 0.717) is 18.7 Å². The fraction of sp³-hybridized carbons (Fsp3) is 0.536.